The average Bonchev–Trinajstić information content (AvgIpc) is 3.32. The number of nitrogens with one attached hydrogen (secondary N) is 1. The molecule has 1 aliphatic heterocycles. The molecule has 1 N–H and O–H groups in total. The van der Waals surface area contributed by atoms with Crippen molar-refractivity contribution >= 4 is 21.6 Å². The molecule has 9 nitrogen and oxygen atoms in total. The molecule has 2 heterocycles. The van der Waals surface area contributed by atoms with Gasteiger partial charge in [-0.1, -0.05) is 0 Å². The Hall–Kier alpha value is -2.75. The minimum atomic E-state index is -3.48. The SMILES string of the molecule is CS(=O)(=O)N(CCCC(=O)NCCCn1ccnc1)c1ccc2c(c1)OCO2. The fourth-order valence-corrected chi connectivity index (χ4v) is 3.86. The van der Waals surface area contributed by atoms with Crippen LogP contribution in [0.1, 0.15) is 19.3 Å². The van der Waals surface area contributed by atoms with E-state index in [9.17, 15) is 13.2 Å². The minimum Gasteiger partial charge on any atom is -0.454 e. The summed E-state index contributed by atoms with van der Waals surface area (Å²) in [4.78, 5) is 16.0. The van der Waals surface area contributed by atoms with Crippen LogP contribution in [0.4, 0.5) is 5.69 Å². The van der Waals surface area contributed by atoms with E-state index < -0.39 is 10.0 Å². The van der Waals surface area contributed by atoms with Crippen molar-refractivity contribution in [2.24, 2.45) is 0 Å². The number of aromatic nitrogens is 2. The second-order valence-electron chi connectivity index (χ2n) is 6.48. The molecule has 0 aliphatic carbocycles. The van der Waals surface area contributed by atoms with Crippen molar-refractivity contribution in [3.05, 3.63) is 36.9 Å². The normalized spacial score (nSPS) is 12.8. The zero-order valence-electron chi connectivity index (χ0n) is 15.7. The van der Waals surface area contributed by atoms with Crippen molar-refractivity contribution in [2.45, 2.75) is 25.8 Å². The highest BCUT2D eigenvalue weighted by Crippen LogP contribution is 2.36. The van der Waals surface area contributed by atoms with E-state index in [4.69, 9.17) is 9.47 Å². The van der Waals surface area contributed by atoms with Gasteiger partial charge in [0.15, 0.2) is 11.5 Å². The van der Waals surface area contributed by atoms with E-state index in [0.29, 0.717) is 30.2 Å². The number of anilines is 1. The van der Waals surface area contributed by atoms with Crippen LogP contribution in [0.2, 0.25) is 0 Å². The molecule has 0 atom stereocenters. The van der Waals surface area contributed by atoms with Crippen LogP contribution in [0.25, 0.3) is 0 Å². The molecule has 0 radical (unpaired) electrons. The number of fused-ring (bicyclic) bond motifs is 1. The molecule has 0 spiro atoms. The molecule has 0 fully saturated rings. The number of nitrogens with zero attached hydrogens (tertiary/aromatic N) is 3. The Labute approximate surface area is 164 Å². The van der Waals surface area contributed by atoms with Crippen LogP contribution in [0.3, 0.4) is 0 Å². The van der Waals surface area contributed by atoms with Gasteiger partial charge >= 0.3 is 0 Å². The molecule has 10 heteroatoms. The van der Waals surface area contributed by atoms with Gasteiger partial charge in [-0.25, -0.2) is 13.4 Å². The Morgan fingerprint density at radius 3 is 2.86 bits per heavy atom. The fourth-order valence-electron chi connectivity index (χ4n) is 2.91. The number of benzene rings is 1. The number of carbonyl (C=O) groups is 1. The van der Waals surface area contributed by atoms with Crippen molar-refractivity contribution in [1.82, 2.24) is 14.9 Å². The molecule has 1 aromatic heterocycles. The van der Waals surface area contributed by atoms with Crippen LogP contribution in [-0.4, -0.2) is 50.0 Å². The van der Waals surface area contributed by atoms with Crippen LogP contribution in [0.15, 0.2) is 36.9 Å². The molecule has 0 saturated heterocycles. The number of carbonyl (C=O) groups excluding carboxylic acids is 1. The monoisotopic (exact) mass is 408 g/mol. The lowest BCUT2D eigenvalue weighted by atomic mass is 10.2. The van der Waals surface area contributed by atoms with Gasteiger partial charge in [0.05, 0.1) is 18.3 Å². The van der Waals surface area contributed by atoms with E-state index in [1.54, 1.807) is 30.7 Å². The van der Waals surface area contributed by atoms with Crippen molar-refractivity contribution < 1.29 is 22.7 Å². The molecule has 1 aromatic carbocycles. The Kier molecular flexibility index (Phi) is 6.40. The van der Waals surface area contributed by atoms with Crippen molar-refractivity contribution in [1.29, 1.82) is 0 Å². The van der Waals surface area contributed by atoms with E-state index in [1.807, 2.05) is 10.8 Å². The fraction of sp³-hybridized carbons (Fsp3) is 0.444. The molecule has 2 aromatic rings. The van der Waals surface area contributed by atoms with Crippen molar-refractivity contribution in [2.75, 3.05) is 30.4 Å². The van der Waals surface area contributed by atoms with Gasteiger partial charge < -0.3 is 19.4 Å². The third kappa shape index (κ3) is 5.38. The highest BCUT2D eigenvalue weighted by molar-refractivity contribution is 7.92. The lowest BCUT2D eigenvalue weighted by molar-refractivity contribution is -0.121. The third-order valence-corrected chi connectivity index (χ3v) is 5.48. The first-order valence-corrected chi connectivity index (χ1v) is 10.9. The number of amides is 1. The quantitative estimate of drug-likeness (QED) is 0.596. The van der Waals surface area contributed by atoms with Gasteiger partial charge in [0.2, 0.25) is 22.7 Å². The summed E-state index contributed by atoms with van der Waals surface area (Å²) >= 11 is 0. The first-order valence-electron chi connectivity index (χ1n) is 9.03. The topological polar surface area (TPSA) is 103 Å². The van der Waals surface area contributed by atoms with Crippen LogP contribution in [0, 0.1) is 0 Å². The number of hydrogen-bond acceptors (Lipinski definition) is 6. The summed E-state index contributed by atoms with van der Waals surface area (Å²) in [5.74, 6) is 1.01. The average molecular weight is 408 g/mol. The van der Waals surface area contributed by atoms with Gasteiger partial charge in [0, 0.05) is 44.5 Å². The number of rotatable bonds is 10. The summed E-state index contributed by atoms with van der Waals surface area (Å²) in [6.45, 7) is 1.68. The minimum absolute atomic E-state index is 0.0928. The van der Waals surface area contributed by atoms with Gasteiger partial charge in [-0.05, 0) is 25.0 Å². The van der Waals surface area contributed by atoms with E-state index in [0.717, 1.165) is 19.2 Å². The lowest BCUT2D eigenvalue weighted by Crippen LogP contribution is -2.32. The molecule has 0 bridgehead atoms. The van der Waals surface area contributed by atoms with Gasteiger partial charge in [-0.2, -0.15) is 0 Å². The summed E-state index contributed by atoms with van der Waals surface area (Å²) in [5.41, 5.74) is 0.493. The standard InChI is InChI=1S/C18H24N4O5S/c1-28(24,25)22(15-5-6-16-17(12-15)27-14-26-16)10-2-4-18(23)20-7-3-9-21-11-8-19-13-21/h5-6,8,11-13H,2-4,7,9-10,14H2,1H3,(H,20,23). The summed E-state index contributed by atoms with van der Waals surface area (Å²) in [6.07, 6.45) is 7.93. The second-order valence-corrected chi connectivity index (χ2v) is 8.39. The van der Waals surface area contributed by atoms with Crippen LogP contribution >= 0.6 is 0 Å². The van der Waals surface area contributed by atoms with Gasteiger partial charge in [0.1, 0.15) is 0 Å². The van der Waals surface area contributed by atoms with Gasteiger partial charge in [-0.3, -0.25) is 9.10 Å². The summed E-state index contributed by atoms with van der Waals surface area (Å²) in [6, 6.07) is 4.99. The highest BCUT2D eigenvalue weighted by atomic mass is 32.2. The van der Waals surface area contributed by atoms with Crippen LogP contribution in [-0.2, 0) is 21.4 Å². The predicted molar refractivity (Wildman–Crippen MR) is 104 cm³/mol. The first-order chi connectivity index (χ1) is 13.4. The molecule has 28 heavy (non-hydrogen) atoms. The Balaban J connectivity index is 1.46. The molecule has 1 aliphatic rings. The number of aryl methyl sites for hydroxylation is 1. The first kappa shape index (κ1) is 20.0. The summed E-state index contributed by atoms with van der Waals surface area (Å²) < 4.78 is 38.1. The van der Waals surface area contributed by atoms with Crippen LogP contribution < -0.4 is 19.1 Å². The maximum Gasteiger partial charge on any atom is 0.232 e. The molecule has 152 valence electrons. The van der Waals surface area contributed by atoms with Crippen LogP contribution in [0.5, 0.6) is 11.5 Å². The number of sulfonamides is 1. The highest BCUT2D eigenvalue weighted by Gasteiger charge is 2.21. The largest absolute Gasteiger partial charge is 0.454 e. The Morgan fingerprint density at radius 2 is 2.11 bits per heavy atom. The zero-order chi connectivity index (χ0) is 20.0. The van der Waals surface area contributed by atoms with Gasteiger partial charge in [0.25, 0.3) is 0 Å². The predicted octanol–water partition coefficient (Wildman–Crippen LogP) is 1.36. The number of hydrogen-bond donors (Lipinski definition) is 1. The van der Waals surface area contributed by atoms with Gasteiger partial charge in [-0.15, -0.1) is 0 Å². The molecule has 1 amide bonds. The molecule has 0 unspecified atom stereocenters. The number of ether oxygens (including phenoxy) is 2. The molecule has 0 saturated carbocycles. The molecular weight excluding hydrogens is 384 g/mol. The van der Waals surface area contributed by atoms with Crippen molar-refractivity contribution in [3.8, 4) is 11.5 Å². The van der Waals surface area contributed by atoms with E-state index >= 15 is 0 Å². The Morgan fingerprint density at radius 1 is 1.29 bits per heavy atom. The summed E-state index contributed by atoms with van der Waals surface area (Å²) in [5, 5.41) is 2.85. The van der Waals surface area contributed by atoms with Crippen molar-refractivity contribution in [3.63, 3.8) is 0 Å². The number of imidazole rings is 1. The lowest BCUT2D eigenvalue weighted by Gasteiger charge is -2.22. The molecular formula is C18H24N4O5S. The molecule has 3 rings (SSSR count). The maximum atomic E-state index is 12.2. The Bertz CT molecular complexity index is 899. The zero-order valence-corrected chi connectivity index (χ0v) is 16.5. The smallest absolute Gasteiger partial charge is 0.232 e. The maximum absolute atomic E-state index is 12.2. The third-order valence-electron chi connectivity index (χ3n) is 4.28. The van der Waals surface area contributed by atoms with E-state index in [-0.39, 0.29) is 25.7 Å². The second kappa shape index (κ2) is 8.96. The van der Waals surface area contributed by atoms with E-state index in [2.05, 4.69) is 10.3 Å². The van der Waals surface area contributed by atoms with E-state index in [1.165, 1.54) is 4.31 Å². The summed E-state index contributed by atoms with van der Waals surface area (Å²) in [7, 11) is -3.48.